The molecule has 0 saturated heterocycles. The second-order valence-electron chi connectivity index (χ2n) is 2.54. The van der Waals surface area contributed by atoms with Gasteiger partial charge in [-0.15, -0.1) is 0 Å². The van der Waals surface area contributed by atoms with Gasteiger partial charge in [0, 0.05) is 11.3 Å². The zero-order valence-corrected chi connectivity index (χ0v) is 5.64. The standard InChI is InChI=1S/C8H7NO/c1-5-2-6-4-7(3-5)9-8(6)10/h2-4H,1H3,(H,9,10). The number of hydrogen-bond acceptors (Lipinski definition) is 1. The predicted molar refractivity (Wildman–Crippen MR) is 39.1 cm³/mol. The first-order valence-electron chi connectivity index (χ1n) is 3.19. The van der Waals surface area contributed by atoms with E-state index in [1.165, 1.54) is 0 Å². The van der Waals surface area contributed by atoms with E-state index in [1.54, 1.807) is 0 Å². The second kappa shape index (κ2) is 1.59. The van der Waals surface area contributed by atoms with E-state index in [-0.39, 0.29) is 5.91 Å². The maximum atomic E-state index is 10.9. The van der Waals surface area contributed by atoms with Gasteiger partial charge < -0.3 is 5.32 Å². The largest absolute Gasteiger partial charge is 0.322 e. The van der Waals surface area contributed by atoms with E-state index in [0.29, 0.717) is 0 Å². The Morgan fingerprint density at radius 3 is 2.80 bits per heavy atom. The molecule has 0 aliphatic carbocycles. The van der Waals surface area contributed by atoms with E-state index in [1.807, 2.05) is 25.1 Å². The summed E-state index contributed by atoms with van der Waals surface area (Å²) in [6.45, 7) is 1.98. The highest BCUT2D eigenvalue weighted by Crippen LogP contribution is 2.21. The average molecular weight is 133 g/mol. The summed E-state index contributed by atoms with van der Waals surface area (Å²) >= 11 is 0. The zero-order chi connectivity index (χ0) is 7.14. The molecule has 1 aromatic carbocycles. The lowest BCUT2D eigenvalue weighted by Gasteiger charge is -1.89. The van der Waals surface area contributed by atoms with Crippen molar-refractivity contribution in [3.05, 3.63) is 29.3 Å². The fourth-order valence-corrected chi connectivity index (χ4v) is 1.19. The van der Waals surface area contributed by atoms with Crippen molar-refractivity contribution in [2.24, 2.45) is 0 Å². The molecule has 0 atom stereocenters. The van der Waals surface area contributed by atoms with Crippen LogP contribution in [0.3, 0.4) is 0 Å². The SMILES string of the molecule is Cc1cc2cc(c1)C(=O)N2. The lowest BCUT2D eigenvalue weighted by molar-refractivity contribution is 0.103. The van der Waals surface area contributed by atoms with Gasteiger partial charge in [-0.1, -0.05) is 0 Å². The zero-order valence-electron chi connectivity index (χ0n) is 5.64. The lowest BCUT2D eigenvalue weighted by Crippen LogP contribution is -2.02. The number of carbonyl (C=O) groups is 1. The third-order valence-corrected chi connectivity index (χ3v) is 1.60. The topological polar surface area (TPSA) is 29.1 Å². The van der Waals surface area contributed by atoms with Crippen LogP contribution in [-0.4, -0.2) is 5.91 Å². The second-order valence-corrected chi connectivity index (χ2v) is 2.54. The van der Waals surface area contributed by atoms with Crippen LogP contribution in [0.25, 0.3) is 0 Å². The summed E-state index contributed by atoms with van der Waals surface area (Å²) in [5, 5.41) is 2.72. The van der Waals surface area contributed by atoms with Gasteiger partial charge in [0.15, 0.2) is 0 Å². The average Bonchev–Trinajstić information content (AvgIpc) is 2.07. The molecule has 0 spiro atoms. The first-order chi connectivity index (χ1) is 4.75. The van der Waals surface area contributed by atoms with Crippen LogP contribution >= 0.6 is 0 Å². The molecule has 50 valence electrons. The minimum Gasteiger partial charge on any atom is -0.322 e. The Hall–Kier alpha value is -1.31. The summed E-state index contributed by atoms with van der Waals surface area (Å²) in [6, 6.07) is 5.69. The normalized spacial score (nSPS) is 13.5. The van der Waals surface area contributed by atoms with E-state index < -0.39 is 0 Å². The van der Waals surface area contributed by atoms with Crippen LogP contribution in [0.2, 0.25) is 0 Å². The Bertz CT molecular complexity index is 304. The molecule has 1 amide bonds. The van der Waals surface area contributed by atoms with E-state index >= 15 is 0 Å². The van der Waals surface area contributed by atoms with Gasteiger partial charge in [-0.3, -0.25) is 4.79 Å². The molecule has 1 aliphatic rings. The number of nitrogens with one attached hydrogen (secondary N) is 1. The maximum Gasteiger partial charge on any atom is 0.255 e. The molecule has 2 bridgehead atoms. The number of anilines is 1. The fraction of sp³-hybridized carbons (Fsp3) is 0.125. The molecular formula is C8H7NO. The highest BCUT2D eigenvalue weighted by Gasteiger charge is 2.14. The Morgan fingerprint density at radius 2 is 2.10 bits per heavy atom. The summed E-state index contributed by atoms with van der Waals surface area (Å²) in [4.78, 5) is 10.9. The molecule has 2 heteroatoms. The number of hydrogen-bond donors (Lipinski definition) is 1. The van der Waals surface area contributed by atoms with Crippen LogP contribution in [0, 0.1) is 6.92 Å². The van der Waals surface area contributed by atoms with Crippen LogP contribution in [0.5, 0.6) is 0 Å². The molecule has 0 aromatic heterocycles. The Kier molecular flexibility index (Phi) is 0.873. The van der Waals surface area contributed by atoms with Gasteiger partial charge in [0.25, 0.3) is 5.91 Å². The van der Waals surface area contributed by atoms with Crippen LogP contribution in [-0.2, 0) is 0 Å². The van der Waals surface area contributed by atoms with Gasteiger partial charge in [0.1, 0.15) is 0 Å². The minimum atomic E-state index is 0.0168. The Labute approximate surface area is 58.9 Å². The van der Waals surface area contributed by atoms with Crippen LogP contribution in [0.15, 0.2) is 18.2 Å². The molecule has 2 nitrogen and oxygen atoms in total. The van der Waals surface area contributed by atoms with Gasteiger partial charge in [0.05, 0.1) is 0 Å². The van der Waals surface area contributed by atoms with Crippen molar-refractivity contribution >= 4 is 11.6 Å². The molecule has 1 N–H and O–H groups in total. The first kappa shape index (κ1) is 5.47. The van der Waals surface area contributed by atoms with Crippen LogP contribution in [0.1, 0.15) is 15.9 Å². The summed E-state index contributed by atoms with van der Waals surface area (Å²) in [6.07, 6.45) is 0. The molecular weight excluding hydrogens is 126 g/mol. The number of benzene rings is 1. The highest BCUT2D eigenvalue weighted by atomic mass is 16.1. The molecule has 0 radical (unpaired) electrons. The van der Waals surface area contributed by atoms with Crippen LogP contribution < -0.4 is 5.32 Å². The van der Waals surface area contributed by atoms with Crippen molar-refractivity contribution in [3.63, 3.8) is 0 Å². The molecule has 0 saturated carbocycles. The molecule has 10 heavy (non-hydrogen) atoms. The molecule has 1 aromatic rings. The van der Waals surface area contributed by atoms with Crippen molar-refractivity contribution < 1.29 is 4.79 Å². The van der Waals surface area contributed by atoms with E-state index in [0.717, 1.165) is 16.8 Å². The summed E-state index contributed by atoms with van der Waals surface area (Å²) < 4.78 is 0. The van der Waals surface area contributed by atoms with Crippen molar-refractivity contribution in [2.75, 3.05) is 5.32 Å². The lowest BCUT2D eigenvalue weighted by atomic mass is 10.2. The van der Waals surface area contributed by atoms with Crippen molar-refractivity contribution in [2.45, 2.75) is 6.92 Å². The van der Waals surface area contributed by atoms with Gasteiger partial charge in [-0.2, -0.15) is 0 Å². The third kappa shape index (κ3) is 0.620. The Balaban J connectivity index is 2.67. The number of aryl methyl sites for hydroxylation is 1. The quantitative estimate of drug-likeness (QED) is 0.571. The summed E-state index contributed by atoms with van der Waals surface area (Å²) in [5.41, 5.74) is 2.82. The summed E-state index contributed by atoms with van der Waals surface area (Å²) in [5.74, 6) is 0.0168. The third-order valence-electron chi connectivity index (χ3n) is 1.60. The van der Waals surface area contributed by atoms with E-state index in [2.05, 4.69) is 5.32 Å². The van der Waals surface area contributed by atoms with Crippen molar-refractivity contribution in [1.29, 1.82) is 0 Å². The van der Waals surface area contributed by atoms with Crippen molar-refractivity contribution in [1.82, 2.24) is 0 Å². The molecule has 1 heterocycles. The van der Waals surface area contributed by atoms with E-state index in [4.69, 9.17) is 0 Å². The minimum absolute atomic E-state index is 0.0168. The van der Waals surface area contributed by atoms with E-state index in [9.17, 15) is 4.79 Å². The van der Waals surface area contributed by atoms with Gasteiger partial charge >= 0.3 is 0 Å². The number of amides is 1. The molecule has 0 fully saturated rings. The van der Waals surface area contributed by atoms with Crippen molar-refractivity contribution in [3.8, 4) is 0 Å². The van der Waals surface area contributed by atoms with Gasteiger partial charge in [0.2, 0.25) is 0 Å². The maximum absolute atomic E-state index is 10.9. The smallest absolute Gasteiger partial charge is 0.255 e. The number of carbonyl (C=O) groups excluding carboxylic acids is 1. The highest BCUT2D eigenvalue weighted by molar-refractivity contribution is 6.09. The first-order valence-corrected chi connectivity index (χ1v) is 3.19. The molecule has 2 rings (SSSR count). The predicted octanol–water partition coefficient (Wildman–Crippen LogP) is 1.56. The Morgan fingerprint density at radius 1 is 1.30 bits per heavy atom. The number of fused-ring (bicyclic) bond motifs is 2. The monoisotopic (exact) mass is 133 g/mol. The van der Waals surface area contributed by atoms with Gasteiger partial charge in [-0.05, 0) is 30.7 Å². The molecule has 1 aliphatic heterocycles. The molecule has 0 unspecified atom stereocenters. The fourth-order valence-electron chi connectivity index (χ4n) is 1.19. The number of rotatable bonds is 0. The van der Waals surface area contributed by atoms with Gasteiger partial charge in [-0.25, -0.2) is 0 Å². The summed E-state index contributed by atoms with van der Waals surface area (Å²) in [7, 11) is 0. The van der Waals surface area contributed by atoms with Crippen LogP contribution in [0.4, 0.5) is 5.69 Å².